The van der Waals surface area contributed by atoms with Gasteiger partial charge in [0.2, 0.25) is 0 Å². The van der Waals surface area contributed by atoms with Crippen LogP contribution in [0.5, 0.6) is 5.75 Å². The molecule has 0 spiro atoms. The summed E-state index contributed by atoms with van der Waals surface area (Å²) in [5, 5.41) is 8.86. The number of rotatable bonds is 3. The van der Waals surface area contributed by atoms with E-state index in [9.17, 15) is 18.0 Å². The number of ether oxygens (including phenoxy) is 2. The van der Waals surface area contributed by atoms with Gasteiger partial charge in [-0.2, -0.15) is 18.4 Å². The molecule has 1 rings (SSSR count). The monoisotopic (exact) mass is 291 g/mol. The second-order valence-corrected chi connectivity index (χ2v) is 4.28. The van der Waals surface area contributed by atoms with Crippen LogP contribution in [0.15, 0.2) is 17.0 Å². The van der Waals surface area contributed by atoms with Crippen molar-refractivity contribution in [2.75, 3.05) is 14.2 Å². The normalized spacial score (nSPS) is 10.7. The van der Waals surface area contributed by atoms with Gasteiger partial charge in [-0.15, -0.1) is 0 Å². The van der Waals surface area contributed by atoms with Crippen LogP contribution in [0, 0.1) is 11.3 Å². The van der Waals surface area contributed by atoms with Gasteiger partial charge in [0.15, 0.2) is 0 Å². The highest BCUT2D eigenvalue weighted by Crippen LogP contribution is 2.43. The van der Waals surface area contributed by atoms with Crippen molar-refractivity contribution in [1.29, 1.82) is 5.26 Å². The number of hydrogen-bond donors (Lipinski definition) is 0. The molecule has 0 saturated heterocycles. The van der Waals surface area contributed by atoms with Crippen LogP contribution in [-0.2, 0) is 4.74 Å². The molecule has 0 fully saturated rings. The zero-order chi connectivity index (χ0) is 14.6. The van der Waals surface area contributed by atoms with E-state index >= 15 is 0 Å². The third-order valence-corrected chi connectivity index (χ3v) is 2.83. The van der Waals surface area contributed by atoms with Crippen molar-refractivity contribution in [3.05, 3.63) is 23.3 Å². The molecule has 0 aromatic heterocycles. The van der Waals surface area contributed by atoms with E-state index < -0.39 is 23.2 Å². The maximum atomic E-state index is 12.4. The van der Waals surface area contributed by atoms with E-state index in [4.69, 9.17) is 10.00 Å². The van der Waals surface area contributed by atoms with Crippen LogP contribution in [-0.4, -0.2) is 25.7 Å². The van der Waals surface area contributed by atoms with E-state index in [0.717, 1.165) is 26.4 Å². The second kappa shape index (κ2) is 5.84. The predicted octanol–water partition coefficient (Wildman–Crippen LogP) is 2.97. The highest BCUT2D eigenvalue weighted by atomic mass is 32.2. The Bertz CT molecular complexity index is 537. The van der Waals surface area contributed by atoms with Gasteiger partial charge < -0.3 is 9.47 Å². The van der Waals surface area contributed by atoms with Gasteiger partial charge in [-0.1, -0.05) is 0 Å². The molecule has 0 unspecified atom stereocenters. The average Bonchev–Trinajstić information content (AvgIpc) is 2.35. The molecule has 1 aromatic carbocycles. The zero-order valence-corrected chi connectivity index (χ0v) is 10.7. The first-order valence-corrected chi connectivity index (χ1v) is 5.60. The number of carbonyl (C=O) groups is 1. The van der Waals surface area contributed by atoms with Crippen molar-refractivity contribution in [2.45, 2.75) is 10.4 Å². The Morgan fingerprint density at radius 3 is 2.42 bits per heavy atom. The zero-order valence-electron chi connectivity index (χ0n) is 9.87. The van der Waals surface area contributed by atoms with Crippen LogP contribution in [0.4, 0.5) is 13.2 Å². The van der Waals surface area contributed by atoms with Crippen molar-refractivity contribution in [1.82, 2.24) is 0 Å². The molecule has 0 radical (unpaired) electrons. The van der Waals surface area contributed by atoms with Crippen LogP contribution in [0.2, 0.25) is 0 Å². The maximum absolute atomic E-state index is 12.4. The van der Waals surface area contributed by atoms with E-state index in [-0.39, 0.29) is 21.8 Å². The molecular weight excluding hydrogens is 283 g/mol. The Morgan fingerprint density at radius 1 is 1.37 bits per heavy atom. The molecule has 0 N–H and O–H groups in total. The first-order valence-electron chi connectivity index (χ1n) is 4.79. The third-order valence-electron chi connectivity index (χ3n) is 2.06. The largest absolute Gasteiger partial charge is 0.495 e. The molecule has 0 atom stereocenters. The summed E-state index contributed by atoms with van der Waals surface area (Å²) < 4.78 is 46.4. The number of thioether (sulfide) groups is 1. The van der Waals surface area contributed by atoms with Gasteiger partial charge in [0.25, 0.3) is 0 Å². The first kappa shape index (κ1) is 15.2. The van der Waals surface area contributed by atoms with Crippen molar-refractivity contribution >= 4 is 17.7 Å². The summed E-state index contributed by atoms with van der Waals surface area (Å²) in [5.41, 5.74) is -4.97. The maximum Gasteiger partial charge on any atom is 0.446 e. The minimum absolute atomic E-state index is 0.116. The minimum Gasteiger partial charge on any atom is -0.495 e. The van der Waals surface area contributed by atoms with Gasteiger partial charge in [0.05, 0.1) is 24.7 Å². The number of carbonyl (C=O) groups excluding carboxylic acids is 1. The van der Waals surface area contributed by atoms with E-state index in [1.165, 1.54) is 0 Å². The van der Waals surface area contributed by atoms with E-state index in [1.807, 2.05) is 0 Å². The molecule has 0 bridgehead atoms. The van der Waals surface area contributed by atoms with E-state index in [2.05, 4.69) is 4.74 Å². The Balaban J connectivity index is 3.45. The van der Waals surface area contributed by atoms with E-state index in [1.54, 1.807) is 6.07 Å². The van der Waals surface area contributed by atoms with Crippen molar-refractivity contribution in [3.8, 4) is 11.8 Å². The van der Waals surface area contributed by atoms with Crippen LogP contribution in [0.25, 0.3) is 0 Å². The van der Waals surface area contributed by atoms with Crippen LogP contribution < -0.4 is 4.74 Å². The Kier molecular flexibility index (Phi) is 4.67. The van der Waals surface area contributed by atoms with Gasteiger partial charge in [-0.05, 0) is 23.9 Å². The summed E-state index contributed by atoms with van der Waals surface area (Å²) >= 11 is -0.429. The first-order chi connectivity index (χ1) is 8.84. The number of halogens is 3. The van der Waals surface area contributed by atoms with Gasteiger partial charge in [-0.3, -0.25) is 0 Å². The standard InChI is InChI=1S/C11H8F3NO3S/c1-17-9-7(19-11(12,13)14)4-3-6(5-15)8(9)10(16)18-2/h3-4H,1-2H3. The average molecular weight is 291 g/mol. The fraction of sp³-hybridized carbons (Fsp3) is 0.273. The molecule has 0 saturated carbocycles. The van der Waals surface area contributed by atoms with Crippen LogP contribution in [0.3, 0.4) is 0 Å². The highest BCUT2D eigenvalue weighted by molar-refractivity contribution is 8.00. The molecule has 19 heavy (non-hydrogen) atoms. The van der Waals surface area contributed by atoms with Gasteiger partial charge in [-0.25, -0.2) is 4.79 Å². The minimum atomic E-state index is -4.53. The topological polar surface area (TPSA) is 59.3 Å². The molecule has 1 aromatic rings. The summed E-state index contributed by atoms with van der Waals surface area (Å²) in [7, 11) is 2.18. The summed E-state index contributed by atoms with van der Waals surface area (Å²) in [4.78, 5) is 11.2. The Morgan fingerprint density at radius 2 is 2.00 bits per heavy atom. The Labute approximate surface area is 111 Å². The number of alkyl halides is 3. The molecule has 4 nitrogen and oxygen atoms in total. The predicted molar refractivity (Wildman–Crippen MR) is 61.0 cm³/mol. The van der Waals surface area contributed by atoms with Gasteiger partial charge in [0.1, 0.15) is 17.4 Å². The van der Waals surface area contributed by atoms with Crippen molar-refractivity contribution in [3.63, 3.8) is 0 Å². The lowest BCUT2D eigenvalue weighted by molar-refractivity contribution is -0.0329. The van der Waals surface area contributed by atoms with E-state index in [0.29, 0.717) is 0 Å². The molecule has 0 aliphatic rings. The number of hydrogen-bond acceptors (Lipinski definition) is 5. The number of nitriles is 1. The summed E-state index contributed by atoms with van der Waals surface area (Å²) in [6.07, 6.45) is 0. The number of nitrogens with zero attached hydrogens (tertiary/aromatic N) is 1. The smallest absolute Gasteiger partial charge is 0.446 e. The lowest BCUT2D eigenvalue weighted by Crippen LogP contribution is -2.09. The Hall–Kier alpha value is -1.88. The number of methoxy groups -OCH3 is 2. The molecule has 0 aliphatic heterocycles. The van der Waals surface area contributed by atoms with Gasteiger partial charge in [0, 0.05) is 0 Å². The van der Waals surface area contributed by atoms with Crippen molar-refractivity contribution < 1.29 is 27.4 Å². The highest BCUT2D eigenvalue weighted by Gasteiger charge is 2.33. The van der Waals surface area contributed by atoms with Gasteiger partial charge >= 0.3 is 11.5 Å². The number of benzene rings is 1. The van der Waals surface area contributed by atoms with Crippen LogP contribution >= 0.6 is 11.8 Å². The quantitative estimate of drug-likeness (QED) is 0.633. The summed E-state index contributed by atoms with van der Waals surface area (Å²) in [6, 6.07) is 3.89. The summed E-state index contributed by atoms with van der Waals surface area (Å²) in [5.74, 6) is -1.26. The number of esters is 1. The molecule has 0 heterocycles. The van der Waals surface area contributed by atoms with Crippen LogP contribution in [0.1, 0.15) is 15.9 Å². The van der Waals surface area contributed by atoms with Crippen molar-refractivity contribution in [2.24, 2.45) is 0 Å². The molecule has 0 amide bonds. The molecule has 8 heteroatoms. The second-order valence-electron chi connectivity index (χ2n) is 3.17. The molecule has 0 aliphatic carbocycles. The summed E-state index contributed by atoms with van der Waals surface area (Å²) in [6.45, 7) is 0. The third kappa shape index (κ3) is 3.54. The fourth-order valence-corrected chi connectivity index (χ4v) is 2.03. The SMILES string of the molecule is COC(=O)c1c(C#N)ccc(SC(F)(F)F)c1OC. The molecular formula is C11H8F3NO3S. The lowest BCUT2D eigenvalue weighted by atomic mass is 10.1. The lowest BCUT2D eigenvalue weighted by Gasteiger charge is -2.14. The molecule has 102 valence electrons. The fourth-order valence-electron chi connectivity index (χ4n) is 1.37.